The SMILES string of the molecule is C#CC#CC(C=C)OC(=O)c1ccccc1. The number of rotatable bonds is 3. The lowest BCUT2D eigenvalue weighted by molar-refractivity contribution is 0.0475. The van der Waals surface area contributed by atoms with Gasteiger partial charge in [0.2, 0.25) is 0 Å². The molecule has 0 bridgehead atoms. The molecule has 1 atom stereocenters. The second-order valence-electron chi connectivity index (χ2n) is 2.84. The van der Waals surface area contributed by atoms with Gasteiger partial charge in [-0.05, 0) is 36.0 Å². The summed E-state index contributed by atoms with van der Waals surface area (Å²) in [5, 5.41) is 0. The van der Waals surface area contributed by atoms with Gasteiger partial charge in [0.05, 0.1) is 5.56 Å². The number of benzene rings is 1. The number of carbonyl (C=O) groups excluding carboxylic acids is 1. The molecule has 1 aromatic carbocycles. The van der Waals surface area contributed by atoms with E-state index in [0.717, 1.165) is 0 Å². The minimum Gasteiger partial charge on any atom is -0.441 e. The molecular formula is C14H10O2. The Morgan fingerprint density at radius 2 is 2.12 bits per heavy atom. The summed E-state index contributed by atoms with van der Waals surface area (Å²) in [4.78, 5) is 11.6. The van der Waals surface area contributed by atoms with Gasteiger partial charge in [-0.1, -0.05) is 24.8 Å². The summed E-state index contributed by atoms with van der Waals surface area (Å²) in [5.41, 5.74) is 0.469. The van der Waals surface area contributed by atoms with E-state index in [1.54, 1.807) is 24.3 Å². The van der Waals surface area contributed by atoms with Crippen molar-refractivity contribution < 1.29 is 9.53 Å². The predicted octanol–water partition coefficient (Wildman–Crippen LogP) is 2.03. The van der Waals surface area contributed by atoms with E-state index in [1.165, 1.54) is 6.08 Å². The minimum atomic E-state index is -0.677. The smallest absolute Gasteiger partial charge is 0.339 e. The monoisotopic (exact) mass is 210 g/mol. The van der Waals surface area contributed by atoms with Crippen LogP contribution in [-0.4, -0.2) is 12.1 Å². The third-order valence-corrected chi connectivity index (χ3v) is 1.74. The van der Waals surface area contributed by atoms with E-state index >= 15 is 0 Å². The standard InChI is InChI=1S/C14H10O2/c1-3-5-11-13(4-2)16-14(15)12-9-7-6-8-10-12/h1,4,6-10,13H,2H2. The van der Waals surface area contributed by atoms with Crippen molar-refractivity contribution in [3.05, 3.63) is 48.6 Å². The van der Waals surface area contributed by atoms with Crippen molar-refractivity contribution in [2.75, 3.05) is 0 Å². The van der Waals surface area contributed by atoms with Gasteiger partial charge in [0.15, 0.2) is 6.10 Å². The maximum atomic E-state index is 11.6. The van der Waals surface area contributed by atoms with Crippen molar-refractivity contribution >= 4 is 5.97 Å². The molecule has 1 unspecified atom stereocenters. The Labute approximate surface area is 94.9 Å². The Kier molecular flexibility index (Phi) is 4.44. The molecule has 1 rings (SSSR count). The zero-order chi connectivity index (χ0) is 11.8. The zero-order valence-corrected chi connectivity index (χ0v) is 8.64. The van der Waals surface area contributed by atoms with Gasteiger partial charge < -0.3 is 4.74 Å². The van der Waals surface area contributed by atoms with Gasteiger partial charge in [-0.15, -0.1) is 6.42 Å². The summed E-state index contributed by atoms with van der Waals surface area (Å²) in [6.45, 7) is 3.51. The molecule has 0 spiro atoms. The molecule has 0 aliphatic heterocycles. The summed E-state index contributed by atoms with van der Waals surface area (Å²) in [7, 11) is 0. The van der Waals surface area contributed by atoms with Crippen LogP contribution < -0.4 is 0 Å². The van der Waals surface area contributed by atoms with E-state index in [9.17, 15) is 4.79 Å². The van der Waals surface area contributed by atoms with Crippen LogP contribution >= 0.6 is 0 Å². The average Bonchev–Trinajstić information content (AvgIpc) is 2.35. The largest absolute Gasteiger partial charge is 0.441 e. The molecule has 0 aliphatic rings. The molecule has 0 saturated carbocycles. The first kappa shape index (κ1) is 11.6. The normalized spacial score (nSPS) is 10.2. The maximum Gasteiger partial charge on any atom is 0.339 e. The van der Waals surface area contributed by atoms with Gasteiger partial charge in [-0.2, -0.15) is 0 Å². The number of esters is 1. The molecule has 0 N–H and O–H groups in total. The first-order valence-electron chi connectivity index (χ1n) is 4.62. The van der Waals surface area contributed by atoms with Crippen LogP contribution in [0.3, 0.4) is 0 Å². The van der Waals surface area contributed by atoms with E-state index in [1.807, 2.05) is 6.07 Å². The van der Waals surface area contributed by atoms with Crippen LogP contribution in [0, 0.1) is 24.2 Å². The maximum absolute atomic E-state index is 11.6. The molecule has 0 radical (unpaired) electrons. The van der Waals surface area contributed by atoms with Crippen LogP contribution in [0.5, 0.6) is 0 Å². The number of carbonyl (C=O) groups is 1. The van der Waals surface area contributed by atoms with Gasteiger partial charge in [0, 0.05) is 0 Å². The van der Waals surface area contributed by atoms with Crippen molar-refractivity contribution in [1.82, 2.24) is 0 Å². The lowest BCUT2D eigenvalue weighted by atomic mass is 10.2. The fourth-order valence-corrected chi connectivity index (χ4v) is 1.01. The molecule has 0 aromatic heterocycles. The summed E-state index contributed by atoms with van der Waals surface area (Å²) in [6.07, 6.45) is 5.72. The molecule has 0 fully saturated rings. The van der Waals surface area contributed by atoms with Gasteiger partial charge >= 0.3 is 5.97 Å². The van der Waals surface area contributed by atoms with Gasteiger partial charge in [-0.25, -0.2) is 4.79 Å². The fourth-order valence-electron chi connectivity index (χ4n) is 1.01. The number of hydrogen-bond acceptors (Lipinski definition) is 2. The Morgan fingerprint density at radius 1 is 1.44 bits per heavy atom. The topological polar surface area (TPSA) is 26.3 Å². The highest BCUT2D eigenvalue weighted by Gasteiger charge is 2.10. The summed E-state index contributed by atoms with van der Waals surface area (Å²) in [5.74, 6) is 6.66. The molecule has 2 nitrogen and oxygen atoms in total. The Balaban J connectivity index is 2.71. The Hall–Kier alpha value is -2.45. The molecule has 0 saturated heterocycles. The van der Waals surface area contributed by atoms with Crippen molar-refractivity contribution in [3.8, 4) is 24.2 Å². The lowest BCUT2D eigenvalue weighted by Gasteiger charge is -2.07. The van der Waals surface area contributed by atoms with E-state index in [2.05, 4.69) is 24.3 Å². The molecule has 1 aromatic rings. The average molecular weight is 210 g/mol. The number of terminal acetylenes is 1. The highest BCUT2D eigenvalue weighted by Crippen LogP contribution is 2.03. The third-order valence-electron chi connectivity index (χ3n) is 1.74. The quantitative estimate of drug-likeness (QED) is 0.433. The molecule has 0 aliphatic carbocycles. The summed E-state index contributed by atoms with van der Waals surface area (Å²) >= 11 is 0. The van der Waals surface area contributed by atoms with Crippen LogP contribution in [0.4, 0.5) is 0 Å². The van der Waals surface area contributed by atoms with E-state index < -0.39 is 12.1 Å². The minimum absolute atomic E-state index is 0.447. The number of hydrogen-bond donors (Lipinski definition) is 0. The van der Waals surface area contributed by atoms with Crippen LogP contribution in [0.25, 0.3) is 0 Å². The lowest BCUT2D eigenvalue weighted by Crippen LogP contribution is -2.14. The predicted molar refractivity (Wildman–Crippen MR) is 62.5 cm³/mol. The molecule has 0 heterocycles. The number of ether oxygens (including phenoxy) is 1. The van der Waals surface area contributed by atoms with Crippen LogP contribution in [0.1, 0.15) is 10.4 Å². The van der Waals surface area contributed by atoms with Crippen molar-refractivity contribution in [3.63, 3.8) is 0 Å². The van der Waals surface area contributed by atoms with E-state index in [0.29, 0.717) is 5.56 Å². The van der Waals surface area contributed by atoms with Crippen LogP contribution in [-0.2, 0) is 4.74 Å². The van der Waals surface area contributed by atoms with Crippen LogP contribution in [0.2, 0.25) is 0 Å². The van der Waals surface area contributed by atoms with Gasteiger partial charge in [0.25, 0.3) is 0 Å². The van der Waals surface area contributed by atoms with E-state index in [-0.39, 0.29) is 0 Å². The Bertz CT molecular complexity index is 469. The summed E-state index contributed by atoms with van der Waals surface area (Å²) in [6, 6.07) is 8.66. The van der Waals surface area contributed by atoms with Crippen molar-refractivity contribution in [2.24, 2.45) is 0 Å². The van der Waals surface area contributed by atoms with Crippen molar-refractivity contribution in [2.45, 2.75) is 6.10 Å². The molecule has 16 heavy (non-hydrogen) atoms. The zero-order valence-electron chi connectivity index (χ0n) is 8.64. The van der Waals surface area contributed by atoms with E-state index in [4.69, 9.17) is 11.2 Å². The highest BCUT2D eigenvalue weighted by molar-refractivity contribution is 5.89. The van der Waals surface area contributed by atoms with Gasteiger partial charge in [0.1, 0.15) is 0 Å². The molecule has 0 amide bonds. The molecule has 2 heteroatoms. The fraction of sp³-hybridized carbons (Fsp3) is 0.0714. The Morgan fingerprint density at radius 3 is 2.69 bits per heavy atom. The molecule has 78 valence electrons. The second-order valence-corrected chi connectivity index (χ2v) is 2.84. The molecular weight excluding hydrogens is 200 g/mol. The second kappa shape index (κ2) is 6.11. The van der Waals surface area contributed by atoms with Gasteiger partial charge in [-0.3, -0.25) is 0 Å². The summed E-state index contributed by atoms with van der Waals surface area (Å²) < 4.78 is 5.06. The highest BCUT2D eigenvalue weighted by atomic mass is 16.5. The van der Waals surface area contributed by atoms with Crippen LogP contribution in [0.15, 0.2) is 43.0 Å². The first-order chi connectivity index (χ1) is 7.77. The van der Waals surface area contributed by atoms with Crippen molar-refractivity contribution in [1.29, 1.82) is 0 Å². The first-order valence-corrected chi connectivity index (χ1v) is 4.62. The third kappa shape index (κ3) is 3.36.